The van der Waals surface area contributed by atoms with E-state index in [4.69, 9.17) is 21.1 Å². The number of hydrogen-bond acceptors (Lipinski definition) is 7. The van der Waals surface area contributed by atoms with Gasteiger partial charge in [0, 0.05) is 42.0 Å². The summed E-state index contributed by atoms with van der Waals surface area (Å²) >= 11 is 6.44. The number of methoxy groups -OCH3 is 1. The fourth-order valence-electron chi connectivity index (χ4n) is 7.55. The maximum absolute atomic E-state index is 14.1. The number of rotatable bonds is 5. The molecule has 6 atom stereocenters. The van der Waals surface area contributed by atoms with Gasteiger partial charge in [-0.25, -0.2) is 4.21 Å². The molecule has 4 aliphatic rings. The quantitative estimate of drug-likeness (QED) is 0.318. The average molecular weight is 671 g/mol. The van der Waals surface area contributed by atoms with Crippen molar-refractivity contribution >= 4 is 33.1 Å². The number of allylic oxidation sites excluding steroid dienone is 1. The van der Waals surface area contributed by atoms with Crippen LogP contribution in [0.1, 0.15) is 66.9 Å². The fourth-order valence-corrected chi connectivity index (χ4v) is 9.45. The topological polar surface area (TPSA) is 104 Å². The van der Waals surface area contributed by atoms with Gasteiger partial charge in [0.05, 0.1) is 18.4 Å². The van der Waals surface area contributed by atoms with Crippen LogP contribution < -0.4 is 14.4 Å². The SMILES string of the molecule is CCN(C)C(O)N[S@]1(=O)=NC(=O)c2ccc3c(c2)N(C[C@@H]2CC[C@H]2[C@@H](OC)/C=C/CCC1)C[C@@]1(CCCc2cc(Cl)ccc21)CO3. The first-order valence-electron chi connectivity index (χ1n) is 16.6. The molecule has 2 bridgehead atoms. The number of ether oxygens (including phenoxy) is 2. The van der Waals surface area contributed by atoms with Crippen LogP contribution in [-0.2, 0) is 26.5 Å². The van der Waals surface area contributed by atoms with E-state index in [-0.39, 0.29) is 17.3 Å². The number of halogens is 1. The van der Waals surface area contributed by atoms with Gasteiger partial charge in [0.25, 0.3) is 5.91 Å². The van der Waals surface area contributed by atoms with E-state index in [0.29, 0.717) is 43.4 Å². The summed E-state index contributed by atoms with van der Waals surface area (Å²) in [6.07, 6.45) is 9.44. The zero-order valence-corrected chi connectivity index (χ0v) is 28.7. The molecule has 1 spiro atoms. The van der Waals surface area contributed by atoms with Gasteiger partial charge < -0.3 is 19.5 Å². The standard InChI is InChI=1S/C35H47ClN4O5S/c1-4-39(2)34(42)38-46(43)18-7-5-6-10-31(44-3)28-14-11-26(28)21-40-22-35(17-8-9-24-19-27(36)13-15-29(24)35)23-45-32-16-12-25(20-30(32)40)33(41)37-46/h6,10,12-13,15-16,19-20,26,28,31,34,42H,4-5,7-9,11,14,17-18,21-23H2,1-3H3,(H,37,38,41,43)/b10-6+/t26-,28+,31-,34?,35-,46+/m0/s1. The average Bonchev–Trinajstić information content (AvgIpc) is 3.18. The van der Waals surface area contributed by atoms with E-state index in [9.17, 15) is 14.1 Å². The number of anilines is 1. The minimum atomic E-state index is -3.29. The molecule has 2 aromatic carbocycles. The van der Waals surface area contributed by atoms with E-state index < -0.39 is 22.2 Å². The summed E-state index contributed by atoms with van der Waals surface area (Å²) in [5, 5.41) is 11.4. The molecule has 2 heterocycles. The summed E-state index contributed by atoms with van der Waals surface area (Å²) in [6.45, 7) is 4.49. The normalized spacial score (nSPS) is 31.1. The van der Waals surface area contributed by atoms with Gasteiger partial charge in [-0.1, -0.05) is 36.7 Å². The van der Waals surface area contributed by atoms with Gasteiger partial charge in [0.1, 0.15) is 15.7 Å². The van der Waals surface area contributed by atoms with Crippen molar-refractivity contribution in [3.05, 3.63) is 70.3 Å². The number of aryl methyl sites for hydroxylation is 1. The Bertz CT molecular complexity index is 1590. The summed E-state index contributed by atoms with van der Waals surface area (Å²) in [6, 6.07) is 11.7. The van der Waals surface area contributed by atoms with Crippen molar-refractivity contribution in [2.75, 3.05) is 51.1 Å². The van der Waals surface area contributed by atoms with Crippen molar-refractivity contribution < 1.29 is 23.6 Å². The molecule has 0 saturated heterocycles. The van der Waals surface area contributed by atoms with Gasteiger partial charge in [-0.05, 0) is 112 Å². The Balaban J connectivity index is 1.42. The predicted molar refractivity (Wildman–Crippen MR) is 183 cm³/mol. The lowest BCUT2D eigenvalue weighted by Crippen LogP contribution is -2.49. The van der Waals surface area contributed by atoms with E-state index >= 15 is 0 Å². The van der Waals surface area contributed by atoms with Crippen LogP contribution in [0.2, 0.25) is 5.02 Å². The Morgan fingerprint density at radius 3 is 2.87 bits per heavy atom. The number of carbonyl (C=O) groups is 1. The second-order valence-electron chi connectivity index (χ2n) is 13.4. The smallest absolute Gasteiger partial charge is 0.286 e. The zero-order chi connectivity index (χ0) is 32.5. The zero-order valence-electron chi connectivity index (χ0n) is 27.1. The minimum Gasteiger partial charge on any atom is -0.490 e. The summed E-state index contributed by atoms with van der Waals surface area (Å²) in [7, 11) is 0.203. The Labute approximate surface area is 278 Å². The molecule has 0 radical (unpaired) electrons. The molecule has 2 aliphatic carbocycles. The van der Waals surface area contributed by atoms with Crippen molar-refractivity contribution in [3.63, 3.8) is 0 Å². The molecule has 46 heavy (non-hydrogen) atoms. The number of fused-ring (bicyclic) bond motifs is 4. The first kappa shape index (κ1) is 33.4. The lowest BCUT2D eigenvalue weighted by atomic mass is 9.68. The third kappa shape index (κ3) is 6.89. The summed E-state index contributed by atoms with van der Waals surface area (Å²) in [4.78, 5) is 17.8. The molecule has 1 saturated carbocycles. The summed E-state index contributed by atoms with van der Waals surface area (Å²) in [5.74, 6) is 1.07. The summed E-state index contributed by atoms with van der Waals surface area (Å²) < 4.78 is 33.7. The third-order valence-corrected chi connectivity index (χ3v) is 12.6. The van der Waals surface area contributed by atoms with Gasteiger partial charge in [0.2, 0.25) is 0 Å². The Kier molecular flexibility index (Phi) is 10.1. The van der Waals surface area contributed by atoms with Crippen LogP contribution in [0.4, 0.5) is 5.69 Å². The maximum Gasteiger partial charge on any atom is 0.286 e. The van der Waals surface area contributed by atoms with Crippen molar-refractivity contribution in [1.29, 1.82) is 0 Å². The van der Waals surface area contributed by atoms with Gasteiger partial charge in [-0.2, -0.15) is 4.72 Å². The first-order chi connectivity index (χ1) is 22.1. The van der Waals surface area contributed by atoms with E-state index in [1.54, 1.807) is 25.1 Å². The van der Waals surface area contributed by atoms with Crippen molar-refractivity contribution in [2.45, 2.75) is 69.7 Å². The minimum absolute atomic E-state index is 0.0130. The molecule has 9 nitrogen and oxygen atoms in total. The number of aliphatic hydroxyl groups excluding tert-OH is 1. The lowest BCUT2D eigenvalue weighted by molar-refractivity contribution is 0.0132. The number of nitrogens with zero attached hydrogens (tertiary/aromatic N) is 3. The molecule has 2 aliphatic heterocycles. The second-order valence-corrected chi connectivity index (χ2v) is 15.9. The van der Waals surface area contributed by atoms with Crippen LogP contribution in [0.5, 0.6) is 5.75 Å². The molecule has 2 aromatic rings. The van der Waals surface area contributed by atoms with Crippen LogP contribution in [0.15, 0.2) is 52.9 Å². The third-order valence-electron chi connectivity index (χ3n) is 10.5. The second kappa shape index (κ2) is 13.9. The van der Waals surface area contributed by atoms with Gasteiger partial charge >= 0.3 is 0 Å². The highest BCUT2D eigenvalue weighted by Crippen LogP contribution is 2.47. The molecule has 1 fully saturated rings. The van der Waals surface area contributed by atoms with Crippen molar-refractivity contribution in [2.24, 2.45) is 16.2 Å². The maximum atomic E-state index is 14.1. The predicted octanol–water partition coefficient (Wildman–Crippen LogP) is 5.54. The monoisotopic (exact) mass is 670 g/mol. The van der Waals surface area contributed by atoms with Gasteiger partial charge in [0.15, 0.2) is 6.35 Å². The molecule has 1 unspecified atom stereocenters. The molecular weight excluding hydrogens is 624 g/mol. The highest BCUT2D eigenvalue weighted by Gasteiger charge is 2.44. The Hall–Kier alpha value is -2.47. The number of benzene rings is 2. The number of amides is 1. The number of nitrogens with one attached hydrogen (secondary N) is 1. The van der Waals surface area contributed by atoms with Crippen LogP contribution in [0, 0.1) is 11.8 Å². The van der Waals surface area contributed by atoms with Crippen LogP contribution >= 0.6 is 11.6 Å². The highest BCUT2D eigenvalue weighted by molar-refractivity contribution is 7.92. The largest absolute Gasteiger partial charge is 0.490 e. The lowest BCUT2D eigenvalue weighted by Gasteiger charge is -2.46. The van der Waals surface area contributed by atoms with E-state index in [2.05, 4.69) is 38.3 Å². The number of aliphatic hydroxyl groups is 1. The number of carbonyl (C=O) groups excluding carboxylic acids is 1. The van der Waals surface area contributed by atoms with Gasteiger partial charge in [-0.15, -0.1) is 4.36 Å². The Morgan fingerprint density at radius 1 is 1.26 bits per heavy atom. The molecular formula is C35H47ClN4O5S. The fraction of sp³-hybridized carbons (Fsp3) is 0.571. The molecule has 2 N–H and O–H groups in total. The highest BCUT2D eigenvalue weighted by atomic mass is 35.5. The van der Waals surface area contributed by atoms with E-state index in [1.807, 2.05) is 25.1 Å². The molecule has 11 heteroatoms. The molecule has 250 valence electrons. The Morgan fingerprint density at radius 2 is 2.11 bits per heavy atom. The van der Waals surface area contributed by atoms with Crippen LogP contribution in [0.3, 0.4) is 0 Å². The van der Waals surface area contributed by atoms with E-state index in [0.717, 1.165) is 61.7 Å². The number of hydrogen-bond donors (Lipinski definition) is 2. The molecule has 6 rings (SSSR count). The summed E-state index contributed by atoms with van der Waals surface area (Å²) in [5.41, 5.74) is 3.54. The van der Waals surface area contributed by atoms with Crippen molar-refractivity contribution in [3.8, 4) is 5.75 Å². The first-order valence-corrected chi connectivity index (χ1v) is 18.6. The molecule has 0 aromatic heterocycles. The van der Waals surface area contributed by atoms with Crippen LogP contribution in [0.25, 0.3) is 0 Å². The van der Waals surface area contributed by atoms with E-state index in [1.165, 1.54) is 11.1 Å². The van der Waals surface area contributed by atoms with Crippen LogP contribution in [-0.4, -0.2) is 78.7 Å². The van der Waals surface area contributed by atoms with Crippen molar-refractivity contribution in [1.82, 2.24) is 9.62 Å². The van der Waals surface area contributed by atoms with Gasteiger partial charge in [-0.3, -0.25) is 9.69 Å². The molecule has 1 amide bonds.